The first-order chi connectivity index (χ1) is 9.73. The van der Waals surface area contributed by atoms with Gasteiger partial charge in [-0.2, -0.15) is 4.31 Å². The van der Waals surface area contributed by atoms with Crippen molar-refractivity contribution in [3.05, 3.63) is 18.0 Å². The number of aryl methyl sites for hydroxylation is 1. The molecule has 1 fully saturated rings. The molecule has 0 spiro atoms. The number of carbonyl (C=O) groups is 1. The molecule has 118 valence electrons. The van der Waals surface area contributed by atoms with Crippen LogP contribution in [-0.4, -0.2) is 65.5 Å². The number of rotatable bonds is 4. The van der Waals surface area contributed by atoms with E-state index in [-0.39, 0.29) is 10.6 Å². The average Bonchev–Trinajstić information content (AvgIpc) is 2.82. The van der Waals surface area contributed by atoms with E-state index in [1.54, 1.807) is 0 Å². The minimum absolute atomic E-state index is 0.0330. The van der Waals surface area contributed by atoms with Crippen LogP contribution in [0.5, 0.6) is 0 Å². The molecule has 1 aliphatic rings. The summed E-state index contributed by atoms with van der Waals surface area (Å²) in [7, 11) is -2.10. The SMILES string of the molecule is CC(C)N1CCN(S(=O)(=O)c2cc(C(=O)O)n(C)c2)CC1. The number of sulfonamides is 1. The lowest BCUT2D eigenvalue weighted by Gasteiger charge is -2.36. The highest BCUT2D eigenvalue weighted by atomic mass is 32.2. The quantitative estimate of drug-likeness (QED) is 0.871. The van der Waals surface area contributed by atoms with E-state index in [1.807, 2.05) is 0 Å². The van der Waals surface area contributed by atoms with Crippen molar-refractivity contribution in [3.8, 4) is 0 Å². The molecule has 1 aromatic heterocycles. The summed E-state index contributed by atoms with van der Waals surface area (Å²) in [6.07, 6.45) is 1.35. The maximum absolute atomic E-state index is 12.6. The Morgan fingerprint density at radius 2 is 1.81 bits per heavy atom. The van der Waals surface area contributed by atoms with E-state index >= 15 is 0 Å². The molecular formula is C13H21N3O4S. The van der Waals surface area contributed by atoms with Crippen LogP contribution in [0.15, 0.2) is 17.2 Å². The second-order valence-corrected chi connectivity index (χ2v) is 7.45. The number of hydrogen-bond acceptors (Lipinski definition) is 4. The molecule has 0 atom stereocenters. The monoisotopic (exact) mass is 315 g/mol. The number of carboxylic acid groups (broad SMARTS) is 1. The Morgan fingerprint density at radius 3 is 2.24 bits per heavy atom. The molecule has 21 heavy (non-hydrogen) atoms. The van der Waals surface area contributed by atoms with Crippen LogP contribution in [0.4, 0.5) is 0 Å². The molecule has 0 amide bonds. The molecule has 0 aromatic carbocycles. The minimum Gasteiger partial charge on any atom is -0.477 e. The van der Waals surface area contributed by atoms with Gasteiger partial charge in [-0.25, -0.2) is 13.2 Å². The van der Waals surface area contributed by atoms with Crippen LogP contribution in [0, 0.1) is 0 Å². The fraction of sp³-hybridized carbons (Fsp3) is 0.615. The van der Waals surface area contributed by atoms with Crippen LogP contribution in [0.1, 0.15) is 24.3 Å². The Labute approximate surface area is 124 Å². The number of nitrogens with zero attached hydrogens (tertiary/aromatic N) is 3. The van der Waals surface area contributed by atoms with Crippen molar-refractivity contribution in [2.24, 2.45) is 7.05 Å². The summed E-state index contributed by atoms with van der Waals surface area (Å²) >= 11 is 0. The van der Waals surface area contributed by atoms with Crippen LogP contribution in [0.25, 0.3) is 0 Å². The van der Waals surface area contributed by atoms with Gasteiger partial charge in [0.15, 0.2) is 0 Å². The Kier molecular flexibility index (Phi) is 4.40. The third kappa shape index (κ3) is 3.12. The zero-order valence-electron chi connectivity index (χ0n) is 12.5. The fourth-order valence-corrected chi connectivity index (χ4v) is 3.99. The normalized spacial score (nSPS) is 18.3. The van der Waals surface area contributed by atoms with Crippen molar-refractivity contribution in [1.29, 1.82) is 0 Å². The predicted octanol–water partition coefficient (Wildman–Crippen LogP) is 0.438. The highest BCUT2D eigenvalue weighted by Crippen LogP contribution is 2.20. The number of carboxylic acids is 1. The van der Waals surface area contributed by atoms with Crippen LogP contribution < -0.4 is 0 Å². The topological polar surface area (TPSA) is 82.8 Å². The van der Waals surface area contributed by atoms with Gasteiger partial charge in [-0.1, -0.05) is 0 Å². The van der Waals surface area contributed by atoms with Crippen molar-refractivity contribution < 1.29 is 18.3 Å². The van der Waals surface area contributed by atoms with Gasteiger partial charge in [-0.3, -0.25) is 4.90 Å². The summed E-state index contributed by atoms with van der Waals surface area (Å²) in [5, 5.41) is 9.01. The highest BCUT2D eigenvalue weighted by Gasteiger charge is 2.30. The van der Waals surface area contributed by atoms with Crippen molar-refractivity contribution in [1.82, 2.24) is 13.8 Å². The third-order valence-electron chi connectivity index (χ3n) is 3.84. The molecule has 0 saturated carbocycles. The van der Waals surface area contributed by atoms with E-state index in [2.05, 4.69) is 18.7 Å². The molecule has 8 heteroatoms. The molecule has 0 bridgehead atoms. The Balaban J connectivity index is 2.20. The Bertz CT molecular complexity index is 628. The Morgan fingerprint density at radius 1 is 1.24 bits per heavy atom. The first-order valence-electron chi connectivity index (χ1n) is 6.87. The first kappa shape index (κ1) is 16.0. The third-order valence-corrected chi connectivity index (χ3v) is 5.70. The lowest BCUT2D eigenvalue weighted by atomic mass is 10.3. The fourth-order valence-electron chi connectivity index (χ4n) is 2.50. The molecule has 0 aliphatic carbocycles. The molecule has 1 aliphatic heterocycles. The van der Waals surface area contributed by atoms with Gasteiger partial charge in [0.25, 0.3) is 0 Å². The summed E-state index contributed by atoms with van der Waals surface area (Å²) in [6, 6.07) is 1.61. The molecule has 2 rings (SSSR count). The van der Waals surface area contributed by atoms with Crippen molar-refractivity contribution in [2.75, 3.05) is 26.2 Å². The van der Waals surface area contributed by atoms with Crippen molar-refractivity contribution in [2.45, 2.75) is 24.8 Å². The summed E-state index contributed by atoms with van der Waals surface area (Å²) in [5.74, 6) is -1.14. The first-order valence-corrected chi connectivity index (χ1v) is 8.31. The number of hydrogen-bond donors (Lipinski definition) is 1. The molecule has 0 radical (unpaired) electrons. The van der Waals surface area contributed by atoms with Gasteiger partial charge in [0.1, 0.15) is 10.6 Å². The van der Waals surface area contributed by atoms with E-state index in [0.717, 1.165) is 0 Å². The number of aromatic nitrogens is 1. The van der Waals surface area contributed by atoms with Crippen LogP contribution in [0.3, 0.4) is 0 Å². The maximum atomic E-state index is 12.6. The van der Waals surface area contributed by atoms with Crippen molar-refractivity contribution in [3.63, 3.8) is 0 Å². The summed E-state index contributed by atoms with van der Waals surface area (Å²) < 4.78 is 27.8. The van der Waals surface area contributed by atoms with Crippen LogP contribution in [-0.2, 0) is 17.1 Å². The van der Waals surface area contributed by atoms with E-state index in [1.165, 1.54) is 28.2 Å². The molecule has 1 N–H and O–H groups in total. The largest absolute Gasteiger partial charge is 0.477 e. The lowest BCUT2D eigenvalue weighted by molar-refractivity contribution is 0.0686. The van der Waals surface area contributed by atoms with Gasteiger partial charge in [0.05, 0.1) is 0 Å². The predicted molar refractivity (Wildman–Crippen MR) is 77.8 cm³/mol. The molecule has 7 nitrogen and oxygen atoms in total. The molecule has 1 saturated heterocycles. The number of piperazine rings is 1. The number of aromatic carboxylic acids is 1. The van der Waals surface area contributed by atoms with Gasteiger partial charge >= 0.3 is 5.97 Å². The van der Waals surface area contributed by atoms with E-state index < -0.39 is 16.0 Å². The summed E-state index contributed by atoms with van der Waals surface area (Å²) in [6.45, 7) is 6.40. The summed E-state index contributed by atoms with van der Waals surface area (Å²) in [5.41, 5.74) is -0.0330. The van der Waals surface area contributed by atoms with Gasteiger partial charge in [-0.15, -0.1) is 0 Å². The minimum atomic E-state index is -3.62. The second-order valence-electron chi connectivity index (χ2n) is 5.51. The smallest absolute Gasteiger partial charge is 0.352 e. The second kappa shape index (κ2) is 5.78. The lowest BCUT2D eigenvalue weighted by Crippen LogP contribution is -2.50. The maximum Gasteiger partial charge on any atom is 0.352 e. The van der Waals surface area contributed by atoms with Gasteiger partial charge in [-0.05, 0) is 19.9 Å². The molecule has 0 unspecified atom stereocenters. The zero-order valence-corrected chi connectivity index (χ0v) is 13.3. The van der Waals surface area contributed by atoms with Gasteiger partial charge in [0, 0.05) is 45.5 Å². The standard InChI is InChI=1S/C13H21N3O4S/c1-10(2)15-4-6-16(7-5-15)21(19,20)11-8-12(13(17)18)14(3)9-11/h8-10H,4-7H2,1-3H3,(H,17,18). The molecular weight excluding hydrogens is 294 g/mol. The van der Waals surface area contributed by atoms with Gasteiger partial charge < -0.3 is 9.67 Å². The van der Waals surface area contributed by atoms with E-state index in [0.29, 0.717) is 32.2 Å². The summed E-state index contributed by atoms with van der Waals surface area (Å²) in [4.78, 5) is 13.3. The highest BCUT2D eigenvalue weighted by molar-refractivity contribution is 7.89. The van der Waals surface area contributed by atoms with Crippen molar-refractivity contribution >= 4 is 16.0 Å². The van der Waals surface area contributed by atoms with Crippen LogP contribution >= 0.6 is 0 Å². The van der Waals surface area contributed by atoms with E-state index in [9.17, 15) is 13.2 Å². The molecule has 2 heterocycles. The van der Waals surface area contributed by atoms with Gasteiger partial charge in [0.2, 0.25) is 10.0 Å². The van der Waals surface area contributed by atoms with E-state index in [4.69, 9.17) is 5.11 Å². The molecule has 1 aromatic rings. The zero-order chi connectivity index (χ0) is 15.8. The average molecular weight is 315 g/mol. The van der Waals surface area contributed by atoms with Crippen LogP contribution in [0.2, 0.25) is 0 Å². The Hall–Kier alpha value is -1.38.